The molecule has 18 heavy (non-hydrogen) atoms. The molecule has 1 fully saturated rings. The smallest absolute Gasteiger partial charge is 0.0198 e. The van der Waals surface area contributed by atoms with Crippen molar-refractivity contribution in [1.29, 1.82) is 0 Å². The standard InChI is InChI=1S/C16H25NS/c1-18-16-12-6-5-11-15(16)17-13-7-10-14-8-3-2-4-9-14/h2-4,8-9,15-17H,5-7,10-13H2,1H3. The number of nitrogens with one attached hydrogen (secondary N) is 1. The van der Waals surface area contributed by atoms with Crippen LogP contribution >= 0.6 is 11.8 Å². The van der Waals surface area contributed by atoms with Gasteiger partial charge in [0.05, 0.1) is 0 Å². The van der Waals surface area contributed by atoms with Crippen LogP contribution in [0.25, 0.3) is 0 Å². The summed E-state index contributed by atoms with van der Waals surface area (Å²) < 4.78 is 0. The molecule has 0 bridgehead atoms. The third-order valence-corrected chi connectivity index (χ3v) is 5.07. The third-order valence-electron chi connectivity index (χ3n) is 3.90. The van der Waals surface area contributed by atoms with E-state index in [9.17, 15) is 0 Å². The Morgan fingerprint density at radius 3 is 2.72 bits per heavy atom. The molecule has 1 aromatic rings. The van der Waals surface area contributed by atoms with Gasteiger partial charge >= 0.3 is 0 Å². The molecular formula is C16H25NS. The maximum atomic E-state index is 3.77. The first-order valence-electron chi connectivity index (χ1n) is 7.20. The zero-order valence-corrected chi connectivity index (χ0v) is 12.2. The SMILES string of the molecule is CSC1CCCCC1NCCCc1ccccc1. The predicted octanol–water partition coefficient (Wildman–Crippen LogP) is 3.88. The van der Waals surface area contributed by atoms with Crippen molar-refractivity contribution in [3.63, 3.8) is 0 Å². The first-order valence-corrected chi connectivity index (χ1v) is 8.49. The molecule has 0 spiro atoms. The Labute approximate surface area is 116 Å². The fraction of sp³-hybridized carbons (Fsp3) is 0.625. The van der Waals surface area contributed by atoms with Crippen LogP contribution in [0.1, 0.15) is 37.7 Å². The maximum Gasteiger partial charge on any atom is 0.0198 e. The number of aryl methyl sites for hydroxylation is 1. The number of benzene rings is 1. The largest absolute Gasteiger partial charge is 0.313 e. The van der Waals surface area contributed by atoms with E-state index in [0.717, 1.165) is 17.8 Å². The summed E-state index contributed by atoms with van der Waals surface area (Å²) in [5.41, 5.74) is 1.46. The molecule has 0 radical (unpaired) electrons. The lowest BCUT2D eigenvalue weighted by molar-refractivity contribution is 0.383. The van der Waals surface area contributed by atoms with Crippen molar-refractivity contribution in [3.05, 3.63) is 35.9 Å². The van der Waals surface area contributed by atoms with E-state index in [0.29, 0.717) is 0 Å². The van der Waals surface area contributed by atoms with Crippen molar-refractivity contribution in [2.45, 2.75) is 49.8 Å². The maximum absolute atomic E-state index is 3.77. The average molecular weight is 263 g/mol. The lowest BCUT2D eigenvalue weighted by Crippen LogP contribution is -2.40. The van der Waals surface area contributed by atoms with Gasteiger partial charge in [0.2, 0.25) is 0 Å². The van der Waals surface area contributed by atoms with Crippen LogP contribution in [-0.2, 0) is 6.42 Å². The molecule has 0 heterocycles. The number of hydrogen-bond acceptors (Lipinski definition) is 2. The van der Waals surface area contributed by atoms with Gasteiger partial charge in [-0.1, -0.05) is 43.2 Å². The van der Waals surface area contributed by atoms with Crippen molar-refractivity contribution in [2.24, 2.45) is 0 Å². The average Bonchev–Trinajstić information content (AvgIpc) is 2.45. The van der Waals surface area contributed by atoms with Gasteiger partial charge < -0.3 is 5.32 Å². The highest BCUT2D eigenvalue weighted by Gasteiger charge is 2.23. The molecular weight excluding hydrogens is 238 g/mol. The second kappa shape index (κ2) is 7.85. The molecule has 100 valence electrons. The Morgan fingerprint density at radius 2 is 1.94 bits per heavy atom. The van der Waals surface area contributed by atoms with Crippen LogP contribution < -0.4 is 5.32 Å². The Morgan fingerprint density at radius 1 is 1.17 bits per heavy atom. The summed E-state index contributed by atoms with van der Waals surface area (Å²) >= 11 is 2.05. The summed E-state index contributed by atoms with van der Waals surface area (Å²) in [6.45, 7) is 1.16. The molecule has 0 aliphatic heterocycles. The minimum Gasteiger partial charge on any atom is -0.313 e. The van der Waals surface area contributed by atoms with Crippen molar-refractivity contribution in [1.82, 2.24) is 5.32 Å². The summed E-state index contributed by atoms with van der Waals surface area (Å²) in [6, 6.07) is 11.6. The molecule has 1 N–H and O–H groups in total. The van der Waals surface area contributed by atoms with Crippen molar-refractivity contribution in [2.75, 3.05) is 12.8 Å². The summed E-state index contributed by atoms with van der Waals surface area (Å²) in [5.74, 6) is 0. The van der Waals surface area contributed by atoms with Gasteiger partial charge in [0.1, 0.15) is 0 Å². The van der Waals surface area contributed by atoms with E-state index in [1.54, 1.807) is 0 Å². The van der Waals surface area contributed by atoms with Crippen LogP contribution in [0, 0.1) is 0 Å². The number of rotatable bonds is 6. The van der Waals surface area contributed by atoms with E-state index in [2.05, 4.69) is 41.9 Å². The fourth-order valence-electron chi connectivity index (χ4n) is 2.84. The Bertz CT molecular complexity index is 325. The summed E-state index contributed by atoms with van der Waals surface area (Å²) in [7, 11) is 0. The summed E-state index contributed by atoms with van der Waals surface area (Å²) in [5, 5.41) is 4.62. The van der Waals surface area contributed by atoms with Gasteiger partial charge in [-0.05, 0) is 44.0 Å². The molecule has 0 amide bonds. The highest BCUT2D eigenvalue weighted by atomic mass is 32.2. The monoisotopic (exact) mass is 263 g/mol. The van der Waals surface area contributed by atoms with Crippen LogP contribution in [0.2, 0.25) is 0 Å². The van der Waals surface area contributed by atoms with Gasteiger partial charge in [-0.3, -0.25) is 0 Å². The molecule has 1 nitrogen and oxygen atoms in total. The molecule has 2 rings (SSSR count). The summed E-state index contributed by atoms with van der Waals surface area (Å²) in [6.07, 6.45) is 10.3. The van der Waals surface area contributed by atoms with Crippen LogP contribution in [-0.4, -0.2) is 24.1 Å². The molecule has 2 unspecified atom stereocenters. The van der Waals surface area contributed by atoms with Gasteiger partial charge in [0.25, 0.3) is 0 Å². The van der Waals surface area contributed by atoms with E-state index in [4.69, 9.17) is 0 Å². The molecule has 1 aromatic carbocycles. The predicted molar refractivity (Wildman–Crippen MR) is 82.3 cm³/mol. The van der Waals surface area contributed by atoms with Gasteiger partial charge in [-0.25, -0.2) is 0 Å². The Hall–Kier alpha value is -0.470. The molecule has 1 saturated carbocycles. The Kier molecular flexibility index (Phi) is 6.09. The normalized spacial score (nSPS) is 24.1. The van der Waals surface area contributed by atoms with Gasteiger partial charge in [-0.15, -0.1) is 0 Å². The molecule has 2 atom stereocenters. The fourth-order valence-corrected chi connectivity index (χ4v) is 3.80. The first kappa shape index (κ1) is 14.0. The van der Waals surface area contributed by atoms with Crippen LogP contribution in [0.3, 0.4) is 0 Å². The van der Waals surface area contributed by atoms with Crippen LogP contribution in [0.15, 0.2) is 30.3 Å². The number of thioether (sulfide) groups is 1. The van der Waals surface area contributed by atoms with E-state index in [1.807, 2.05) is 11.8 Å². The topological polar surface area (TPSA) is 12.0 Å². The van der Waals surface area contributed by atoms with Gasteiger partial charge in [-0.2, -0.15) is 11.8 Å². The van der Waals surface area contributed by atoms with Crippen LogP contribution in [0.4, 0.5) is 0 Å². The van der Waals surface area contributed by atoms with Crippen molar-refractivity contribution < 1.29 is 0 Å². The first-order chi connectivity index (χ1) is 8.90. The molecule has 0 aromatic heterocycles. The Balaban J connectivity index is 1.65. The third kappa shape index (κ3) is 4.33. The minimum atomic E-state index is 0.754. The van der Waals surface area contributed by atoms with Crippen molar-refractivity contribution >= 4 is 11.8 Å². The minimum absolute atomic E-state index is 0.754. The highest BCUT2D eigenvalue weighted by molar-refractivity contribution is 7.99. The van der Waals surface area contributed by atoms with E-state index in [1.165, 1.54) is 44.1 Å². The highest BCUT2D eigenvalue weighted by Crippen LogP contribution is 2.27. The van der Waals surface area contributed by atoms with Gasteiger partial charge in [0.15, 0.2) is 0 Å². The molecule has 1 aliphatic carbocycles. The van der Waals surface area contributed by atoms with Crippen molar-refractivity contribution in [3.8, 4) is 0 Å². The lowest BCUT2D eigenvalue weighted by atomic mass is 9.94. The van der Waals surface area contributed by atoms with E-state index in [-0.39, 0.29) is 0 Å². The van der Waals surface area contributed by atoms with Gasteiger partial charge in [0, 0.05) is 11.3 Å². The zero-order valence-electron chi connectivity index (χ0n) is 11.4. The molecule has 1 aliphatic rings. The second-order valence-electron chi connectivity index (χ2n) is 5.21. The molecule has 0 saturated heterocycles. The van der Waals surface area contributed by atoms with Crippen LogP contribution in [0.5, 0.6) is 0 Å². The molecule has 2 heteroatoms. The quantitative estimate of drug-likeness (QED) is 0.782. The summed E-state index contributed by atoms with van der Waals surface area (Å²) in [4.78, 5) is 0. The lowest BCUT2D eigenvalue weighted by Gasteiger charge is -2.31. The number of hydrogen-bond donors (Lipinski definition) is 1. The zero-order chi connectivity index (χ0) is 12.6. The van der Waals surface area contributed by atoms with E-state index < -0.39 is 0 Å². The van der Waals surface area contributed by atoms with E-state index >= 15 is 0 Å². The second-order valence-corrected chi connectivity index (χ2v) is 6.29.